The zero-order valence-electron chi connectivity index (χ0n) is 16.5. The number of piperidine rings is 1. The smallest absolute Gasteiger partial charge is 0.321 e. The highest BCUT2D eigenvalue weighted by Gasteiger charge is 2.24. The van der Waals surface area contributed by atoms with Crippen LogP contribution in [0.1, 0.15) is 34.3 Å². The van der Waals surface area contributed by atoms with Crippen LogP contribution in [0.5, 0.6) is 0 Å². The average Bonchev–Trinajstić information content (AvgIpc) is 3.09. The van der Waals surface area contributed by atoms with E-state index in [2.05, 4.69) is 45.1 Å². The SMILES string of the molecule is O=C1NN=Cc2c[nH]c3cc(NC(=O)N4CCC(Cc5ccccc5)CC4)cc1c23. The molecular formula is C23H23N5O2. The number of urea groups is 1. The number of aromatic amines is 1. The Bertz CT molecular complexity index is 1130. The molecule has 1 fully saturated rings. The van der Waals surface area contributed by atoms with E-state index in [-0.39, 0.29) is 11.9 Å². The number of H-pyrrole nitrogens is 1. The van der Waals surface area contributed by atoms with Gasteiger partial charge in [0.25, 0.3) is 5.91 Å². The number of hydrazone groups is 1. The number of likely N-dealkylation sites (tertiary alicyclic amines) is 1. The van der Waals surface area contributed by atoms with Crippen molar-refractivity contribution in [2.75, 3.05) is 18.4 Å². The number of amides is 3. The van der Waals surface area contributed by atoms with Crippen LogP contribution in [-0.4, -0.2) is 41.1 Å². The molecule has 0 radical (unpaired) electrons. The van der Waals surface area contributed by atoms with Crippen LogP contribution in [-0.2, 0) is 6.42 Å². The van der Waals surface area contributed by atoms with E-state index >= 15 is 0 Å². The van der Waals surface area contributed by atoms with Gasteiger partial charge < -0.3 is 15.2 Å². The topological polar surface area (TPSA) is 89.6 Å². The highest BCUT2D eigenvalue weighted by atomic mass is 16.2. The third-order valence-electron chi connectivity index (χ3n) is 5.94. The van der Waals surface area contributed by atoms with E-state index in [0.717, 1.165) is 48.8 Å². The molecule has 0 spiro atoms. The van der Waals surface area contributed by atoms with Gasteiger partial charge in [0.1, 0.15) is 0 Å². The van der Waals surface area contributed by atoms with Crippen molar-refractivity contribution >= 4 is 34.7 Å². The van der Waals surface area contributed by atoms with E-state index < -0.39 is 0 Å². The van der Waals surface area contributed by atoms with E-state index in [1.807, 2.05) is 17.0 Å². The van der Waals surface area contributed by atoms with E-state index in [0.29, 0.717) is 17.2 Å². The van der Waals surface area contributed by atoms with Crippen molar-refractivity contribution in [3.63, 3.8) is 0 Å². The van der Waals surface area contributed by atoms with E-state index in [9.17, 15) is 9.59 Å². The first-order chi connectivity index (χ1) is 14.7. The standard InChI is InChI=1S/C23H23N5O2/c29-22-19-11-18(12-20-21(19)17(13-24-20)14-25-27-22)26-23(30)28-8-6-16(7-9-28)10-15-4-2-1-3-5-15/h1-5,11-14,16,24H,6-10H2,(H,26,30)(H,27,29). The van der Waals surface area contributed by atoms with Crippen molar-refractivity contribution in [1.29, 1.82) is 0 Å². The molecule has 7 heteroatoms. The maximum absolute atomic E-state index is 12.8. The fraction of sp³-hybridized carbons (Fsp3) is 0.261. The highest BCUT2D eigenvalue weighted by molar-refractivity contribution is 6.15. The molecule has 2 aromatic carbocycles. The second-order valence-electron chi connectivity index (χ2n) is 7.94. The minimum atomic E-state index is -0.285. The first-order valence-electron chi connectivity index (χ1n) is 10.3. The van der Waals surface area contributed by atoms with Crippen molar-refractivity contribution in [1.82, 2.24) is 15.3 Å². The number of rotatable bonds is 3. The zero-order chi connectivity index (χ0) is 20.5. The first kappa shape index (κ1) is 18.4. The number of hydrogen-bond acceptors (Lipinski definition) is 3. The lowest BCUT2D eigenvalue weighted by Gasteiger charge is -2.32. The summed E-state index contributed by atoms with van der Waals surface area (Å²) in [5, 5.41) is 7.70. The zero-order valence-corrected chi connectivity index (χ0v) is 16.5. The fourth-order valence-electron chi connectivity index (χ4n) is 4.36. The van der Waals surface area contributed by atoms with E-state index in [1.54, 1.807) is 18.5 Å². The van der Waals surface area contributed by atoms with Gasteiger partial charge in [-0.05, 0) is 42.9 Å². The highest BCUT2D eigenvalue weighted by Crippen LogP contribution is 2.28. The van der Waals surface area contributed by atoms with Gasteiger partial charge >= 0.3 is 6.03 Å². The molecule has 0 aliphatic carbocycles. The van der Waals surface area contributed by atoms with Crippen LogP contribution in [0.25, 0.3) is 10.9 Å². The Balaban J connectivity index is 1.26. The van der Waals surface area contributed by atoms with Crippen LogP contribution in [0.15, 0.2) is 53.8 Å². The molecular weight excluding hydrogens is 378 g/mol. The minimum absolute atomic E-state index is 0.128. The summed E-state index contributed by atoms with van der Waals surface area (Å²) in [7, 11) is 0. The second kappa shape index (κ2) is 7.67. The largest absolute Gasteiger partial charge is 0.360 e. The van der Waals surface area contributed by atoms with Crippen LogP contribution < -0.4 is 10.7 Å². The summed E-state index contributed by atoms with van der Waals surface area (Å²) in [4.78, 5) is 30.2. The molecule has 1 saturated heterocycles. The number of hydrogen-bond donors (Lipinski definition) is 3. The molecule has 2 aliphatic heterocycles. The average molecular weight is 401 g/mol. The van der Waals surface area contributed by atoms with Crippen LogP contribution in [0.3, 0.4) is 0 Å². The summed E-state index contributed by atoms with van der Waals surface area (Å²) in [6, 6.07) is 13.9. The number of benzene rings is 2. The molecule has 0 bridgehead atoms. The minimum Gasteiger partial charge on any atom is -0.360 e. The molecule has 5 rings (SSSR count). The summed E-state index contributed by atoms with van der Waals surface area (Å²) < 4.78 is 0. The summed E-state index contributed by atoms with van der Waals surface area (Å²) in [5.41, 5.74) is 6.59. The van der Waals surface area contributed by atoms with E-state index in [1.165, 1.54) is 5.56 Å². The molecule has 3 heterocycles. The van der Waals surface area contributed by atoms with Gasteiger partial charge in [0.2, 0.25) is 0 Å². The monoisotopic (exact) mass is 401 g/mol. The molecule has 0 unspecified atom stereocenters. The molecule has 3 amide bonds. The van der Waals surface area contributed by atoms with Gasteiger partial charge in [0.15, 0.2) is 0 Å². The number of carbonyl (C=O) groups excluding carboxylic acids is 2. The number of carbonyl (C=O) groups is 2. The van der Waals surface area contributed by atoms with Crippen molar-refractivity contribution in [2.24, 2.45) is 11.0 Å². The molecule has 3 N–H and O–H groups in total. The summed E-state index contributed by atoms with van der Waals surface area (Å²) >= 11 is 0. The van der Waals surface area contributed by atoms with Gasteiger partial charge in [-0.1, -0.05) is 30.3 Å². The quantitative estimate of drug-likeness (QED) is 0.624. The summed E-state index contributed by atoms with van der Waals surface area (Å²) in [6.07, 6.45) is 6.47. The van der Waals surface area contributed by atoms with Gasteiger partial charge in [0, 0.05) is 41.4 Å². The van der Waals surface area contributed by atoms with Gasteiger partial charge in [-0.15, -0.1) is 0 Å². The molecule has 2 aliphatic rings. The number of aromatic nitrogens is 1. The third-order valence-corrected chi connectivity index (χ3v) is 5.94. The van der Waals surface area contributed by atoms with Crippen LogP contribution in [0.2, 0.25) is 0 Å². The lowest BCUT2D eigenvalue weighted by Crippen LogP contribution is -2.41. The molecule has 152 valence electrons. The first-order valence-corrected chi connectivity index (χ1v) is 10.3. The predicted octanol–water partition coefficient (Wildman–Crippen LogP) is 3.73. The van der Waals surface area contributed by atoms with Crippen LogP contribution in [0, 0.1) is 5.92 Å². The molecule has 30 heavy (non-hydrogen) atoms. The second-order valence-corrected chi connectivity index (χ2v) is 7.94. The summed E-state index contributed by atoms with van der Waals surface area (Å²) in [6.45, 7) is 1.47. The number of nitrogens with zero attached hydrogens (tertiary/aromatic N) is 2. The third kappa shape index (κ3) is 3.54. The maximum Gasteiger partial charge on any atom is 0.321 e. The molecule has 1 aromatic heterocycles. The van der Waals surface area contributed by atoms with Gasteiger partial charge in [-0.3, -0.25) is 4.79 Å². The van der Waals surface area contributed by atoms with E-state index in [4.69, 9.17) is 0 Å². The summed E-state index contributed by atoms with van der Waals surface area (Å²) in [5.74, 6) is 0.314. The van der Waals surface area contributed by atoms with Gasteiger partial charge in [-0.25, -0.2) is 10.2 Å². The fourth-order valence-corrected chi connectivity index (χ4v) is 4.36. The van der Waals surface area contributed by atoms with Crippen LogP contribution >= 0.6 is 0 Å². The molecule has 0 saturated carbocycles. The van der Waals surface area contributed by atoms with Gasteiger partial charge in [0.05, 0.1) is 11.8 Å². The Morgan fingerprint density at radius 1 is 1.17 bits per heavy atom. The Morgan fingerprint density at radius 2 is 1.97 bits per heavy atom. The lowest BCUT2D eigenvalue weighted by molar-refractivity contribution is 0.0957. The Labute approximate surface area is 174 Å². The lowest BCUT2D eigenvalue weighted by atomic mass is 9.90. The molecule has 3 aromatic rings. The Kier molecular flexibility index (Phi) is 4.71. The Morgan fingerprint density at radius 3 is 2.77 bits per heavy atom. The number of anilines is 1. The van der Waals surface area contributed by atoms with Crippen molar-refractivity contribution in [2.45, 2.75) is 19.3 Å². The normalized spacial score (nSPS) is 16.4. The van der Waals surface area contributed by atoms with Crippen molar-refractivity contribution in [3.8, 4) is 0 Å². The van der Waals surface area contributed by atoms with Crippen LogP contribution in [0.4, 0.5) is 10.5 Å². The number of nitrogens with one attached hydrogen (secondary N) is 3. The predicted molar refractivity (Wildman–Crippen MR) is 117 cm³/mol. The molecule has 7 nitrogen and oxygen atoms in total. The van der Waals surface area contributed by atoms with Gasteiger partial charge in [-0.2, -0.15) is 5.10 Å². The van der Waals surface area contributed by atoms with Crippen molar-refractivity contribution in [3.05, 3.63) is 65.4 Å². The molecule has 0 atom stereocenters. The van der Waals surface area contributed by atoms with Crippen molar-refractivity contribution < 1.29 is 9.59 Å². The maximum atomic E-state index is 12.8. The Hall–Kier alpha value is -3.61.